The van der Waals surface area contributed by atoms with Crippen molar-refractivity contribution < 1.29 is 27.7 Å². The third-order valence-corrected chi connectivity index (χ3v) is 8.24. The van der Waals surface area contributed by atoms with Gasteiger partial charge in [-0.1, -0.05) is 19.0 Å². The number of pyridine rings is 1. The molecule has 2 amide bonds. The predicted octanol–water partition coefficient (Wildman–Crippen LogP) is 4.81. The van der Waals surface area contributed by atoms with Crippen molar-refractivity contribution in [3.63, 3.8) is 0 Å². The molecule has 2 N–H and O–H groups in total. The van der Waals surface area contributed by atoms with Gasteiger partial charge in [0.05, 0.1) is 30.7 Å². The standard InChI is InChI=1S/C30H30F2N6O4/c1-14(2)25-27(38-42-37-25)29(40)36-26(24-23-19(32)9-17(31)10-21(23)41-13-30(24)7-8-30)28(39)35-18-5-6-20(34-12-18)22-15(3)11-33-16(22)4/h5-6,9-10,12,14,24,26H,7-8,11,13H2,1-4H3,(H,35,39)(H,36,40)/t24?,26-/m0/s1. The van der Waals surface area contributed by atoms with Crippen molar-refractivity contribution in [1.82, 2.24) is 20.6 Å². The molecule has 3 aliphatic rings. The maximum atomic E-state index is 15.4. The Morgan fingerprint density at radius 1 is 1.12 bits per heavy atom. The molecular weight excluding hydrogens is 546 g/mol. The number of halogens is 2. The summed E-state index contributed by atoms with van der Waals surface area (Å²) in [6, 6.07) is 4.09. The monoisotopic (exact) mass is 576 g/mol. The first-order chi connectivity index (χ1) is 20.1. The quantitative estimate of drug-likeness (QED) is 0.413. The Balaban J connectivity index is 1.36. The number of anilines is 1. The molecule has 3 aromatic rings. The lowest BCUT2D eigenvalue weighted by Gasteiger charge is -2.38. The SMILES string of the molecule is CC1=NCC(C)=C1c1ccc(NC(=O)[C@@H](NC(=O)c2nonc2C(C)C)C2c3c(F)cc(F)cc3OCC23CC3)cn1. The smallest absolute Gasteiger partial charge is 0.276 e. The number of aromatic nitrogens is 3. The van der Waals surface area contributed by atoms with Crippen LogP contribution in [0.2, 0.25) is 0 Å². The Labute approximate surface area is 240 Å². The van der Waals surface area contributed by atoms with Crippen molar-refractivity contribution in [2.45, 2.75) is 58.4 Å². The predicted molar refractivity (Wildman–Crippen MR) is 149 cm³/mol. The van der Waals surface area contributed by atoms with E-state index in [1.54, 1.807) is 12.1 Å². The van der Waals surface area contributed by atoms with Crippen LogP contribution in [-0.4, -0.2) is 52.0 Å². The first kappa shape index (κ1) is 27.7. The van der Waals surface area contributed by atoms with Gasteiger partial charge in [-0.2, -0.15) is 0 Å². The van der Waals surface area contributed by atoms with Crippen molar-refractivity contribution in [1.29, 1.82) is 0 Å². The van der Waals surface area contributed by atoms with Gasteiger partial charge in [0.2, 0.25) is 5.91 Å². The van der Waals surface area contributed by atoms with E-state index in [-0.39, 0.29) is 29.5 Å². The van der Waals surface area contributed by atoms with Crippen molar-refractivity contribution in [3.05, 3.63) is 70.3 Å². The molecule has 4 heterocycles. The van der Waals surface area contributed by atoms with Gasteiger partial charge in [0.1, 0.15) is 29.1 Å². The van der Waals surface area contributed by atoms with E-state index >= 15 is 4.39 Å². The molecule has 2 aliphatic heterocycles. The highest BCUT2D eigenvalue weighted by Crippen LogP contribution is 2.61. The number of rotatable bonds is 7. The molecule has 1 saturated carbocycles. The lowest BCUT2D eigenvalue weighted by molar-refractivity contribution is -0.119. The molecule has 218 valence electrons. The van der Waals surface area contributed by atoms with Gasteiger partial charge in [-0.15, -0.1) is 0 Å². The van der Waals surface area contributed by atoms with E-state index in [1.165, 1.54) is 6.20 Å². The third-order valence-electron chi connectivity index (χ3n) is 8.24. The summed E-state index contributed by atoms with van der Waals surface area (Å²) in [4.78, 5) is 36.5. The number of ether oxygens (including phenoxy) is 1. The van der Waals surface area contributed by atoms with Crippen molar-refractivity contribution in [2.75, 3.05) is 18.5 Å². The van der Waals surface area contributed by atoms with Gasteiger partial charge in [0.25, 0.3) is 5.91 Å². The zero-order valence-electron chi connectivity index (χ0n) is 23.6. The fraction of sp³-hybridized carbons (Fsp3) is 0.400. The molecule has 10 nitrogen and oxygen atoms in total. The van der Waals surface area contributed by atoms with Crippen LogP contribution >= 0.6 is 0 Å². The van der Waals surface area contributed by atoms with Gasteiger partial charge in [-0.3, -0.25) is 19.6 Å². The van der Waals surface area contributed by atoms with E-state index in [0.29, 0.717) is 30.8 Å². The number of hydrogen-bond acceptors (Lipinski definition) is 8. The van der Waals surface area contributed by atoms with Gasteiger partial charge in [-0.05, 0) is 49.6 Å². The van der Waals surface area contributed by atoms with E-state index in [2.05, 4.69) is 30.9 Å². The molecule has 12 heteroatoms. The molecule has 6 rings (SSSR count). The zero-order valence-corrected chi connectivity index (χ0v) is 23.6. The number of amides is 2. The van der Waals surface area contributed by atoms with Gasteiger partial charge in [0, 0.05) is 46.2 Å². The van der Waals surface area contributed by atoms with Crippen LogP contribution in [0.5, 0.6) is 5.75 Å². The highest BCUT2D eigenvalue weighted by Gasteiger charge is 2.59. The number of carbonyl (C=O) groups excluding carboxylic acids is 2. The molecule has 1 aliphatic carbocycles. The fourth-order valence-corrected chi connectivity index (χ4v) is 5.92. The van der Waals surface area contributed by atoms with Crippen LogP contribution in [0.4, 0.5) is 14.5 Å². The second-order valence-corrected chi connectivity index (χ2v) is 11.5. The number of nitrogens with one attached hydrogen (secondary N) is 2. The molecule has 2 atom stereocenters. The van der Waals surface area contributed by atoms with Crippen LogP contribution < -0.4 is 15.4 Å². The first-order valence-electron chi connectivity index (χ1n) is 13.8. The van der Waals surface area contributed by atoms with Gasteiger partial charge >= 0.3 is 0 Å². The van der Waals surface area contributed by atoms with Crippen LogP contribution in [0.3, 0.4) is 0 Å². The number of aliphatic imine (C=N–C) groups is 1. The molecule has 42 heavy (non-hydrogen) atoms. The molecular formula is C30H30F2N6O4. The summed E-state index contributed by atoms with van der Waals surface area (Å²) in [7, 11) is 0. The number of benzene rings is 1. The Hall–Kier alpha value is -4.48. The second kappa shape index (κ2) is 10.4. The highest BCUT2D eigenvalue weighted by molar-refractivity contribution is 6.24. The van der Waals surface area contributed by atoms with E-state index in [9.17, 15) is 14.0 Å². The zero-order chi connectivity index (χ0) is 29.8. The summed E-state index contributed by atoms with van der Waals surface area (Å²) in [6.45, 7) is 8.35. The maximum absolute atomic E-state index is 15.4. The van der Waals surface area contributed by atoms with Crippen LogP contribution in [0.15, 0.2) is 45.7 Å². The largest absolute Gasteiger partial charge is 0.492 e. The number of nitrogens with zero attached hydrogens (tertiary/aromatic N) is 4. The lowest BCUT2D eigenvalue weighted by atomic mass is 9.75. The summed E-state index contributed by atoms with van der Waals surface area (Å²) in [5.41, 5.74) is 3.78. The molecule has 2 aromatic heterocycles. The molecule has 1 spiro atoms. The average molecular weight is 577 g/mol. The minimum atomic E-state index is -1.27. The van der Waals surface area contributed by atoms with Gasteiger partial charge in [0.15, 0.2) is 5.69 Å². The highest BCUT2D eigenvalue weighted by atomic mass is 19.1. The normalized spacial score (nSPS) is 19.3. The molecule has 0 saturated heterocycles. The second-order valence-electron chi connectivity index (χ2n) is 11.5. The van der Waals surface area contributed by atoms with Crippen molar-refractivity contribution >= 4 is 28.8 Å². The topological polar surface area (TPSA) is 132 Å². The Kier molecular flexibility index (Phi) is 6.86. The third kappa shape index (κ3) is 4.84. The van der Waals surface area contributed by atoms with Gasteiger partial charge < -0.3 is 15.4 Å². The minimum absolute atomic E-state index is 0.0105. The van der Waals surface area contributed by atoms with E-state index < -0.39 is 40.8 Å². The summed E-state index contributed by atoms with van der Waals surface area (Å²) < 4.78 is 40.1. The van der Waals surface area contributed by atoms with Crippen LogP contribution in [-0.2, 0) is 4.79 Å². The minimum Gasteiger partial charge on any atom is -0.492 e. The summed E-state index contributed by atoms with van der Waals surface area (Å²) >= 11 is 0. The molecule has 1 aromatic carbocycles. The summed E-state index contributed by atoms with van der Waals surface area (Å²) in [6.07, 6.45) is 2.81. The lowest BCUT2D eigenvalue weighted by Crippen LogP contribution is -2.52. The van der Waals surface area contributed by atoms with Crippen molar-refractivity contribution in [2.24, 2.45) is 10.4 Å². The Bertz CT molecular complexity index is 1640. The fourth-order valence-electron chi connectivity index (χ4n) is 5.92. The molecule has 1 unspecified atom stereocenters. The van der Waals surface area contributed by atoms with E-state index in [1.807, 2.05) is 27.7 Å². The first-order valence-corrected chi connectivity index (χ1v) is 13.8. The average Bonchev–Trinajstić information content (AvgIpc) is 3.37. The summed E-state index contributed by atoms with van der Waals surface area (Å²) in [5.74, 6) is -3.94. The Morgan fingerprint density at radius 3 is 2.55 bits per heavy atom. The van der Waals surface area contributed by atoms with E-state index in [4.69, 9.17) is 9.37 Å². The van der Waals surface area contributed by atoms with Crippen molar-refractivity contribution in [3.8, 4) is 5.75 Å². The number of fused-ring (bicyclic) bond motifs is 1. The van der Waals surface area contributed by atoms with Crippen LogP contribution in [0, 0.1) is 17.0 Å². The number of carbonyl (C=O) groups is 2. The van der Waals surface area contributed by atoms with Crippen LogP contribution in [0.1, 0.15) is 79.8 Å². The maximum Gasteiger partial charge on any atom is 0.276 e. The summed E-state index contributed by atoms with van der Waals surface area (Å²) in [5, 5.41) is 13.2. The molecule has 1 fully saturated rings. The number of hydrogen-bond donors (Lipinski definition) is 2. The van der Waals surface area contributed by atoms with E-state index in [0.717, 1.165) is 34.7 Å². The van der Waals surface area contributed by atoms with Crippen LogP contribution in [0.25, 0.3) is 5.57 Å². The number of allylic oxidation sites excluding steroid dienone is 1. The Morgan fingerprint density at radius 2 is 1.90 bits per heavy atom. The molecule has 0 bridgehead atoms. The molecule has 0 radical (unpaired) electrons. The van der Waals surface area contributed by atoms with Gasteiger partial charge in [-0.25, -0.2) is 13.4 Å².